The molecule has 0 radical (unpaired) electrons. The molecule has 1 saturated carbocycles. The maximum absolute atomic E-state index is 5.85. The van der Waals surface area contributed by atoms with Crippen molar-refractivity contribution in [2.75, 3.05) is 12.4 Å². The molecule has 0 amide bonds. The first-order valence-corrected chi connectivity index (χ1v) is 5.31. The van der Waals surface area contributed by atoms with E-state index in [9.17, 15) is 0 Å². The van der Waals surface area contributed by atoms with Gasteiger partial charge in [0.2, 0.25) is 0 Å². The lowest BCUT2D eigenvalue weighted by molar-refractivity contribution is 0.300. The molecule has 2 rings (SSSR count). The summed E-state index contributed by atoms with van der Waals surface area (Å²) in [5.74, 6) is 1.06. The van der Waals surface area contributed by atoms with Gasteiger partial charge in [0.1, 0.15) is 5.75 Å². The van der Waals surface area contributed by atoms with E-state index in [0.29, 0.717) is 6.10 Å². The van der Waals surface area contributed by atoms with Gasteiger partial charge in [-0.25, -0.2) is 0 Å². The summed E-state index contributed by atoms with van der Waals surface area (Å²) in [4.78, 5) is 0. The number of benzene rings is 1. The van der Waals surface area contributed by atoms with Crippen LogP contribution in [0.3, 0.4) is 0 Å². The molecule has 0 saturated heterocycles. The van der Waals surface area contributed by atoms with Crippen LogP contribution in [0.1, 0.15) is 25.3 Å². The van der Waals surface area contributed by atoms with Crippen molar-refractivity contribution in [2.45, 2.75) is 32.3 Å². The van der Waals surface area contributed by atoms with Crippen LogP contribution in [0.4, 0.5) is 5.69 Å². The van der Waals surface area contributed by atoms with Crippen LogP contribution < -0.4 is 10.1 Å². The number of nitrogens with one attached hydrogen (secondary N) is 1. The van der Waals surface area contributed by atoms with Crippen molar-refractivity contribution in [3.8, 4) is 5.75 Å². The minimum absolute atomic E-state index is 0.479. The lowest BCUT2D eigenvalue weighted by Gasteiger charge is -2.13. The molecule has 0 heterocycles. The Morgan fingerprint density at radius 3 is 2.79 bits per heavy atom. The van der Waals surface area contributed by atoms with Gasteiger partial charge >= 0.3 is 0 Å². The van der Waals surface area contributed by atoms with Crippen molar-refractivity contribution in [1.82, 2.24) is 0 Å². The zero-order chi connectivity index (χ0) is 9.97. The SMILES string of the molecule is CCc1c(NC)cccc1OC1CC1. The van der Waals surface area contributed by atoms with E-state index >= 15 is 0 Å². The zero-order valence-corrected chi connectivity index (χ0v) is 8.84. The average Bonchev–Trinajstić information content (AvgIpc) is 3.01. The molecule has 76 valence electrons. The monoisotopic (exact) mass is 191 g/mol. The normalized spacial score (nSPS) is 15.3. The predicted molar refractivity (Wildman–Crippen MR) is 59.0 cm³/mol. The summed E-state index contributed by atoms with van der Waals surface area (Å²) in [6.07, 6.45) is 3.92. The first-order valence-electron chi connectivity index (χ1n) is 5.31. The second kappa shape index (κ2) is 3.91. The molecule has 1 aromatic rings. The summed E-state index contributed by atoms with van der Waals surface area (Å²) in [7, 11) is 1.95. The Labute approximate surface area is 85.3 Å². The lowest BCUT2D eigenvalue weighted by Crippen LogP contribution is -2.02. The summed E-state index contributed by atoms with van der Waals surface area (Å²) in [5, 5.41) is 3.20. The molecule has 1 aromatic carbocycles. The number of rotatable bonds is 4. The van der Waals surface area contributed by atoms with Crippen LogP contribution in [0.2, 0.25) is 0 Å². The Hall–Kier alpha value is -1.18. The average molecular weight is 191 g/mol. The van der Waals surface area contributed by atoms with E-state index in [1.807, 2.05) is 13.1 Å². The van der Waals surface area contributed by atoms with Crippen molar-refractivity contribution in [1.29, 1.82) is 0 Å². The van der Waals surface area contributed by atoms with Gasteiger partial charge in [0.05, 0.1) is 6.10 Å². The third-order valence-electron chi connectivity index (χ3n) is 2.57. The second-order valence-electron chi connectivity index (χ2n) is 3.70. The third kappa shape index (κ3) is 1.84. The van der Waals surface area contributed by atoms with Gasteiger partial charge in [0.25, 0.3) is 0 Å². The molecule has 0 bridgehead atoms. The van der Waals surface area contributed by atoms with Crippen molar-refractivity contribution in [3.05, 3.63) is 23.8 Å². The molecular weight excluding hydrogens is 174 g/mol. The van der Waals surface area contributed by atoms with Crippen molar-refractivity contribution in [3.63, 3.8) is 0 Å². The van der Waals surface area contributed by atoms with E-state index in [4.69, 9.17) is 4.74 Å². The van der Waals surface area contributed by atoms with Crippen LogP contribution in [-0.4, -0.2) is 13.2 Å². The number of anilines is 1. The zero-order valence-electron chi connectivity index (χ0n) is 8.84. The van der Waals surface area contributed by atoms with Gasteiger partial charge in [0, 0.05) is 18.3 Å². The van der Waals surface area contributed by atoms with Crippen LogP contribution in [-0.2, 0) is 6.42 Å². The molecular formula is C12H17NO. The van der Waals surface area contributed by atoms with Crippen molar-refractivity contribution in [2.24, 2.45) is 0 Å². The quantitative estimate of drug-likeness (QED) is 0.790. The fraction of sp³-hybridized carbons (Fsp3) is 0.500. The Morgan fingerprint density at radius 2 is 2.21 bits per heavy atom. The van der Waals surface area contributed by atoms with Crippen LogP contribution in [0.15, 0.2) is 18.2 Å². The maximum Gasteiger partial charge on any atom is 0.124 e. The Morgan fingerprint density at radius 1 is 1.43 bits per heavy atom. The number of ether oxygens (including phenoxy) is 1. The van der Waals surface area contributed by atoms with Crippen LogP contribution in [0.5, 0.6) is 5.75 Å². The maximum atomic E-state index is 5.85. The molecule has 0 aliphatic heterocycles. The topological polar surface area (TPSA) is 21.3 Å². The van der Waals surface area contributed by atoms with Gasteiger partial charge in [-0.2, -0.15) is 0 Å². The van der Waals surface area contributed by atoms with Gasteiger partial charge in [-0.05, 0) is 31.4 Å². The minimum Gasteiger partial charge on any atom is -0.490 e. The van der Waals surface area contributed by atoms with Crippen LogP contribution in [0, 0.1) is 0 Å². The lowest BCUT2D eigenvalue weighted by atomic mass is 10.1. The summed E-state index contributed by atoms with van der Waals surface area (Å²) in [6, 6.07) is 6.21. The molecule has 0 unspecified atom stereocenters. The highest BCUT2D eigenvalue weighted by molar-refractivity contribution is 5.57. The molecule has 0 spiro atoms. The van der Waals surface area contributed by atoms with E-state index in [-0.39, 0.29) is 0 Å². The van der Waals surface area contributed by atoms with Crippen LogP contribution >= 0.6 is 0 Å². The fourth-order valence-electron chi connectivity index (χ4n) is 1.64. The Bertz CT molecular complexity index is 318. The van der Waals surface area contributed by atoms with E-state index in [0.717, 1.165) is 12.2 Å². The van der Waals surface area contributed by atoms with Gasteiger partial charge in [-0.3, -0.25) is 0 Å². The van der Waals surface area contributed by atoms with Gasteiger partial charge in [0.15, 0.2) is 0 Å². The highest BCUT2D eigenvalue weighted by atomic mass is 16.5. The largest absolute Gasteiger partial charge is 0.490 e. The molecule has 0 atom stereocenters. The Kier molecular flexibility index (Phi) is 2.62. The molecule has 2 heteroatoms. The minimum atomic E-state index is 0.479. The van der Waals surface area contributed by atoms with E-state index in [2.05, 4.69) is 24.4 Å². The molecule has 1 N–H and O–H groups in total. The standard InChI is InChI=1S/C12H17NO/c1-3-10-11(13-2)5-4-6-12(10)14-9-7-8-9/h4-6,9,13H,3,7-8H2,1-2H3. The van der Waals surface area contributed by atoms with Gasteiger partial charge in [-0.1, -0.05) is 13.0 Å². The fourth-order valence-corrected chi connectivity index (χ4v) is 1.64. The first kappa shape index (κ1) is 9.38. The van der Waals surface area contributed by atoms with Crippen molar-refractivity contribution < 1.29 is 4.74 Å². The third-order valence-corrected chi connectivity index (χ3v) is 2.57. The van der Waals surface area contributed by atoms with E-state index in [1.165, 1.54) is 24.1 Å². The summed E-state index contributed by atoms with van der Waals surface area (Å²) in [5.41, 5.74) is 2.48. The highest BCUT2D eigenvalue weighted by Gasteiger charge is 2.24. The summed E-state index contributed by atoms with van der Waals surface area (Å²) >= 11 is 0. The highest BCUT2D eigenvalue weighted by Crippen LogP contribution is 2.32. The number of hydrogen-bond acceptors (Lipinski definition) is 2. The van der Waals surface area contributed by atoms with Crippen LogP contribution in [0.25, 0.3) is 0 Å². The van der Waals surface area contributed by atoms with Crippen molar-refractivity contribution >= 4 is 5.69 Å². The number of hydrogen-bond donors (Lipinski definition) is 1. The van der Waals surface area contributed by atoms with E-state index in [1.54, 1.807) is 0 Å². The molecule has 0 aromatic heterocycles. The first-order chi connectivity index (χ1) is 6.85. The summed E-state index contributed by atoms with van der Waals surface area (Å²) in [6.45, 7) is 2.16. The Balaban J connectivity index is 2.26. The summed E-state index contributed by atoms with van der Waals surface area (Å²) < 4.78 is 5.85. The van der Waals surface area contributed by atoms with Gasteiger partial charge in [-0.15, -0.1) is 0 Å². The molecule has 14 heavy (non-hydrogen) atoms. The molecule has 1 fully saturated rings. The van der Waals surface area contributed by atoms with Gasteiger partial charge < -0.3 is 10.1 Å². The van der Waals surface area contributed by atoms with E-state index < -0.39 is 0 Å². The second-order valence-corrected chi connectivity index (χ2v) is 3.70. The smallest absolute Gasteiger partial charge is 0.124 e. The molecule has 2 nitrogen and oxygen atoms in total. The molecule has 1 aliphatic carbocycles. The molecule has 1 aliphatic rings. The predicted octanol–water partition coefficient (Wildman–Crippen LogP) is 2.83.